The molecule has 0 spiro atoms. The quantitative estimate of drug-likeness (QED) is 0.0322. The van der Waals surface area contributed by atoms with Gasteiger partial charge in [-0.3, -0.25) is 4.18 Å². The van der Waals surface area contributed by atoms with E-state index >= 15 is 0 Å². The topological polar surface area (TPSA) is 133 Å². The first kappa shape index (κ1) is 56.1. The molecule has 3 heterocycles. The van der Waals surface area contributed by atoms with Crippen molar-refractivity contribution in [1.82, 2.24) is 0 Å². The van der Waals surface area contributed by atoms with E-state index in [4.69, 9.17) is 32.0 Å². The van der Waals surface area contributed by atoms with E-state index in [-0.39, 0.29) is 68.4 Å². The van der Waals surface area contributed by atoms with Crippen LogP contribution in [0.5, 0.6) is 0 Å². The second kappa shape index (κ2) is 22.9. The first-order chi connectivity index (χ1) is 29.4. The summed E-state index contributed by atoms with van der Waals surface area (Å²) in [6.07, 6.45) is 4.99. The van der Waals surface area contributed by atoms with Crippen LogP contribution in [-0.4, -0.2) is 112 Å². The van der Waals surface area contributed by atoms with Crippen molar-refractivity contribution in [3.63, 3.8) is 0 Å². The molecule has 0 saturated carbocycles. The van der Waals surface area contributed by atoms with Gasteiger partial charge >= 0.3 is 0 Å². The third-order valence-electron chi connectivity index (χ3n) is 14.4. The van der Waals surface area contributed by atoms with E-state index in [1.165, 1.54) is 0 Å². The molecule has 3 unspecified atom stereocenters. The van der Waals surface area contributed by atoms with Gasteiger partial charge in [-0.1, -0.05) is 107 Å². The van der Waals surface area contributed by atoms with E-state index in [1.54, 1.807) is 12.1 Å². The molecule has 3 aliphatic heterocycles. The van der Waals surface area contributed by atoms with Gasteiger partial charge in [0, 0.05) is 22.7 Å². The Morgan fingerprint density at radius 3 is 2.06 bits per heavy atom. The fraction of sp³-hybridized carbons (Fsp3) is 0.792. The molecule has 0 bridgehead atoms. The minimum Gasteiger partial charge on any atom is -0.414 e. The van der Waals surface area contributed by atoms with Crippen LogP contribution in [-0.2, 0) is 51.9 Å². The van der Waals surface area contributed by atoms with Gasteiger partial charge in [0.15, 0.2) is 32.8 Å². The van der Waals surface area contributed by atoms with Crippen LogP contribution in [0.25, 0.3) is 0 Å². The van der Waals surface area contributed by atoms with Gasteiger partial charge < -0.3 is 27.8 Å². The van der Waals surface area contributed by atoms with Gasteiger partial charge in [0.2, 0.25) is 0 Å². The Bertz CT molecular complexity index is 1910. The van der Waals surface area contributed by atoms with Crippen LogP contribution in [0.15, 0.2) is 53.5 Å². The second-order valence-corrected chi connectivity index (χ2v) is 36.7. The fourth-order valence-electron chi connectivity index (χ4n) is 8.29. The summed E-state index contributed by atoms with van der Waals surface area (Å²) in [7, 11) is -11.7. The van der Waals surface area contributed by atoms with Crippen LogP contribution in [0.3, 0.4) is 0 Å². The number of allylic oxidation sites excluding steroid dienone is 1. The van der Waals surface area contributed by atoms with Gasteiger partial charge in [-0.2, -0.15) is 8.42 Å². The Morgan fingerprint density at radius 1 is 0.875 bits per heavy atom. The van der Waals surface area contributed by atoms with E-state index in [0.29, 0.717) is 63.2 Å². The molecule has 3 saturated heterocycles. The molecule has 9 atom stereocenters. The first-order valence-electron chi connectivity index (χ1n) is 23.4. The lowest BCUT2D eigenvalue weighted by atomic mass is 9.88. The Balaban J connectivity index is 1.48. The average Bonchev–Trinajstić information content (AvgIpc) is 3.90. The number of ether oxygens (including phenoxy) is 4. The molecule has 11 nitrogen and oxygen atoms in total. The van der Waals surface area contributed by atoms with Gasteiger partial charge in [0.05, 0.1) is 73.3 Å². The molecule has 0 aromatic heterocycles. The van der Waals surface area contributed by atoms with Gasteiger partial charge in [-0.05, 0) is 112 Å². The smallest absolute Gasteiger partial charge is 0.264 e. The van der Waals surface area contributed by atoms with E-state index < -0.39 is 42.7 Å². The molecule has 0 N–H and O–H groups in total. The molecular formula is C48H83IO11S2Si2. The molecule has 0 amide bonds. The highest BCUT2D eigenvalue weighted by atomic mass is 127. The highest BCUT2D eigenvalue weighted by molar-refractivity contribution is 14.1. The lowest BCUT2D eigenvalue weighted by Crippen LogP contribution is -2.48. The molecule has 3 fully saturated rings. The van der Waals surface area contributed by atoms with Crippen LogP contribution in [0.1, 0.15) is 112 Å². The van der Waals surface area contributed by atoms with E-state index in [2.05, 4.69) is 110 Å². The molecule has 1 aromatic rings. The van der Waals surface area contributed by atoms with Crippen molar-refractivity contribution in [3.05, 3.63) is 54.1 Å². The van der Waals surface area contributed by atoms with E-state index in [0.717, 1.165) is 42.2 Å². The van der Waals surface area contributed by atoms with Crippen molar-refractivity contribution in [2.24, 2.45) is 11.8 Å². The molecule has 1 aromatic carbocycles. The summed E-state index contributed by atoms with van der Waals surface area (Å²) in [5, 5.41) is 0.0278. The normalized spacial score (nSPS) is 25.2. The van der Waals surface area contributed by atoms with E-state index in [9.17, 15) is 16.8 Å². The van der Waals surface area contributed by atoms with Crippen LogP contribution in [0.4, 0.5) is 0 Å². The zero-order valence-corrected chi connectivity index (χ0v) is 47.2. The maximum atomic E-state index is 14.0. The Hall–Kier alpha value is -0.516. The number of rotatable bonds is 24. The predicted molar refractivity (Wildman–Crippen MR) is 271 cm³/mol. The van der Waals surface area contributed by atoms with Crippen molar-refractivity contribution < 1.29 is 48.8 Å². The van der Waals surface area contributed by atoms with Crippen molar-refractivity contribution >= 4 is 59.2 Å². The lowest BCUT2D eigenvalue weighted by Gasteiger charge is -2.42. The van der Waals surface area contributed by atoms with Crippen molar-refractivity contribution in [1.29, 1.82) is 0 Å². The van der Waals surface area contributed by atoms with Gasteiger partial charge in [-0.25, -0.2) is 8.42 Å². The summed E-state index contributed by atoms with van der Waals surface area (Å²) >= 11 is 2.40. The molecule has 4 rings (SSSR count). The number of hydrogen-bond donors (Lipinski definition) is 0. The summed E-state index contributed by atoms with van der Waals surface area (Å²) in [5.41, 5.74) is 2.95. The first-order valence-corrected chi connectivity index (χ1v) is 33.9. The zero-order chi connectivity index (χ0) is 48.1. The highest BCUT2D eigenvalue weighted by Crippen LogP contribution is 2.43. The Kier molecular flexibility index (Phi) is 20.1. The van der Waals surface area contributed by atoms with Crippen LogP contribution in [0, 0.1) is 18.8 Å². The second-order valence-electron chi connectivity index (χ2n) is 22.0. The van der Waals surface area contributed by atoms with Crippen molar-refractivity contribution in [2.75, 3.05) is 31.8 Å². The summed E-state index contributed by atoms with van der Waals surface area (Å²) in [6.45, 7) is 37.0. The standard InChI is InChI=1S/C48H83IO11S2Si2/c1-33-16-20-42(21-17-33)62(52,53)32-37-28-40(29-41(60-64(14,15)48(8,9)10)31-56-63(12,13)47(5,6)7)58-45(37)30-43(49)36(4)34(2)26-39(59-61(11,50)51)18-22-44-35(3)27-38(57-44)19-23-46-54-24-25-55-46/h16-17,20-21,34,37-41,43-46H,3-4,18-19,22-32H2,1-2,5-15H3/t34?,37-,38-,39+,40-,41?,43?,44-,45-/m0/s1. The SMILES string of the molecule is C=C(C(C)C[C@@H](CC[C@@H]1O[C@@H](CCC2OCCO2)CC1=C)OS(C)(=O)=O)C(I)C[C@@H]1O[C@H](CC(CO[Si](C)(C)C(C)(C)C)O[Si](C)(C)C(C)(C)C)C[C@H]1CS(=O)(=O)c1ccc(C)cc1. The third kappa shape index (κ3) is 16.9. The average molecular weight is 1080 g/mol. The molecule has 3 aliphatic rings. The van der Waals surface area contributed by atoms with Crippen LogP contribution < -0.4 is 0 Å². The maximum Gasteiger partial charge on any atom is 0.264 e. The van der Waals surface area contributed by atoms with Crippen molar-refractivity contribution in [2.45, 2.75) is 201 Å². The number of aryl methyl sites for hydroxylation is 1. The number of sulfone groups is 1. The minimum atomic E-state index is -3.74. The zero-order valence-electron chi connectivity index (χ0n) is 41.4. The van der Waals surface area contributed by atoms with Crippen LogP contribution in [0.2, 0.25) is 36.3 Å². The monoisotopic (exact) mass is 1080 g/mol. The molecule has 64 heavy (non-hydrogen) atoms. The van der Waals surface area contributed by atoms with E-state index in [1.807, 2.05) is 19.1 Å². The number of benzene rings is 1. The van der Waals surface area contributed by atoms with Gasteiger partial charge in [-0.15, -0.1) is 0 Å². The number of halogens is 1. The van der Waals surface area contributed by atoms with Crippen LogP contribution >= 0.6 is 22.6 Å². The summed E-state index contributed by atoms with van der Waals surface area (Å²) in [6, 6.07) is 7.08. The molecule has 16 heteroatoms. The van der Waals surface area contributed by atoms with Gasteiger partial charge in [0.25, 0.3) is 10.1 Å². The third-order valence-corrected chi connectivity index (χ3v) is 27.2. The fourth-order valence-corrected chi connectivity index (χ4v) is 14.1. The molecule has 0 aliphatic carbocycles. The molecule has 368 valence electrons. The highest BCUT2D eigenvalue weighted by Gasteiger charge is 2.45. The molecular weight excluding hydrogens is 1000 g/mol. The summed E-state index contributed by atoms with van der Waals surface area (Å²) in [5.74, 6) is -0.379. The van der Waals surface area contributed by atoms with Crippen molar-refractivity contribution in [3.8, 4) is 0 Å². The number of alkyl halides is 1. The molecule has 0 radical (unpaired) electrons. The summed E-state index contributed by atoms with van der Waals surface area (Å²) < 4.78 is 97.1. The maximum absolute atomic E-state index is 14.0. The summed E-state index contributed by atoms with van der Waals surface area (Å²) in [4.78, 5) is 0.318. The lowest BCUT2D eigenvalue weighted by molar-refractivity contribution is -0.0588. The predicted octanol–water partition coefficient (Wildman–Crippen LogP) is 11.1. The van der Waals surface area contributed by atoms with Gasteiger partial charge in [0.1, 0.15) is 0 Å². The Labute approximate surface area is 404 Å². The number of hydrogen-bond acceptors (Lipinski definition) is 11. The Morgan fingerprint density at radius 2 is 1.48 bits per heavy atom. The largest absolute Gasteiger partial charge is 0.414 e. The minimum absolute atomic E-state index is 0.00862.